The minimum absolute atomic E-state index is 0.0263. The molecule has 106 valence electrons. The van der Waals surface area contributed by atoms with Crippen molar-refractivity contribution in [2.24, 2.45) is 0 Å². The van der Waals surface area contributed by atoms with E-state index < -0.39 is 0 Å². The molecule has 2 N–H and O–H groups in total. The third kappa shape index (κ3) is 3.60. The Kier molecular flexibility index (Phi) is 5.17. The number of aryl methyl sites for hydroxylation is 1. The molecular formula is C15H17ClN2OS. The maximum atomic E-state index is 12.0. The summed E-state index contributed by atoms with van der Waals surface area (Å²) in [5.41, 5.74) is 2.14. The molecule has 3 nitrogen and oxygen atoms in total. The fourth-order valence-corrected chi connectivity index (χ4v) is 3.17. The van der Waals surface area contributed by atoms with Crippen LogP contribution in [0.2, 0.25) is 5.02 Å². The molecular weight excluding hydrogens is 292 g/mol. The Morgan fingerprint density at radius 1 is 1.30 bits per heavy atom. The molecule has 1 aromatic carbocycles. The van der Waals surface area contributed by atoms with Gasteiger partial charge in [-0.25, -0.2) is 0 Å². The topological polar surface area (TPSA) is 41.1 Å². The molecule has 0 bridgehead atoms. The van der Waals surface area contributed by atoms with Gasteiger partial charge in [0.05, 0.1) is 4.88 Å². The van der Waals surface area contributed by atoms with Crippen molar-refractivity contribution in [3.63, 3.8) is 0 Å². The van der Waals surface area contributed by atoms with Crippen LogP contribution in [0.1, 0.15) is 15.2 Å². The normalized spacial score (nSPS) is 10.6. The van der Waals surface area contributed by atoms with Crippen molar-refractivity contribution in [3.8, 4) is 10.4 Å². The fraction of sp³-hybridized carbons (Fsp3) is 0.267. The highest BCUT2D eigenvalue weighted by Crippen LogP contribution is 2.33. The first-order chi connectivity index (χ1) is 9.61. The SMILES string of the molecule is CNCCNC(=O)c1cc(C)c(-c2cccc(Cl)c2)s1. The van der Waals surface area contributed by atoms with Crippen LogP contribution >= 0.6 is 22.9 Å². The summed E-state index contributed by atoms with van der Waals surface area (Å²) in [6.07, 6.45) is 0. The van der Waals surface area contributed by atoms with Gasteiger partial charge >= 0.3 is 0 Å². The number of likely N-dealkylation sites (N-methyl/N-ethyl adjacent to an activating group) is 1. The maximum Gasteiger partial charge on any atom is 0.261 e. The van der Waals surface area contributed by atoms with Crippen molar-refractivity contribution in [1.29, 1.82) is 0 Å². The molecule has 0 atom stereocenters. The number of benzene rings is 1. The van der Waals surface area contributed by atoms with Gasteiger partial charge in [-0.1, -0.05) is 23.7 Å². The van der Waals surface area contributed by atoms with Crippen LogP contribution < -0.4 is 10.6 Å². The fourth-order valence-electron chi connectivity index (χ4n) is 1.90. The molecule has 0 fully saturated rings. The summed E-state index contributed by atoms with van der Waals surface area (Å²) in [6.45, 7) is 3.40. The molecule has 0 saturated heterocycles. The van der Waals surface area contributed by atoms with Crippen LogP contribution in [0.15, 0.2) is 30.3 Å². The van der Waals surface area contributed by atoms with E-state index in [2.05, 4.69) is 10.6 Å². The van der Waals surface area contributed by atoms with Crippen LogP contribution in [-0.2, 0) is 0 Å². The predicted octanol–water partition coefficient (Wildman–Crippen LogP) is 3.33. The summed E-state index contributed by atoms with van der Waals surface area (Å²) in [5.74, 6) is -0.0263. The average Bonchev–Trinajstić information content (AvgIpc) is 2.81. The lowest BCUT2D eigenvalue weighted by Gasteiger charge is -2.02. The summed E-state index contributed by atoms with van der Waals surface area (Å²) in [4.78, 5) is 13.8. The van der Waals surface area contributed by atoms with Crippen molar-refractivity contribution in [2.75, 3.05) is 20.1 Å². The van der Waals surface area contributed by atoms with E-state index in [0.717, 1.165) is 27.4 Å². The van der Waals surface area contributed by atoms with E-state index in [1.165, 1.54) is 11.3 Å². The third-order valence-electron chi connectivity index (χ3n) is 2.89. The highest BCUT2D eigenvalue weighted by Gasteiger charge is 2.13. The Labute approximate surface area is 128 Å². The molecule has 5 heteroatoms. The number of halogens is 1. The Bertz CT molecular complexity index is 610. The van der Waals surface area contributed by atoms with E-state index in [4.69, 9.17) is 11.6 Å². The monoisotopic (exact) mass is 308 g/mol. The van der Waals surface area contributed by atoms with E-state index in [9.17, 15) is 4.79 Å². The Hall–Kier alpha value is -1.36. The molecule has 1 amide bonds. The van der Waals surface area contributed by atoms with Crippen LogP contribution in [0, 0.1) is 6.92 Å². The van der Waals surface area contributed by atoms with Gasteiger partial charge in [0.1, 0.15) is 0 Å². The molecule has 0 aliphatic heterocycles. The number of hydrogen-bond donors (Lipinski definition) is 2. The summed E-state index contributed by atoms with van der Waals surface area (Å²) in [5, 5.41) is 6.59. The summed E-state index contributed by atoms with van der Waals surface area (Å²) < 4.78 is 0. The van der Waals surface area contributed by atoms with Gasteiger partial charge in [0.2, 0.25) is 0 Å². The Morgan fingerprint density at radius 2 is 2.10 bits per heavy atom. The lowest BCUT2D eigenvalue weighted by Crippen LogP contribution is -2.29. The second kappa shape index (κ2) is 6.88. The van der Waals surface area contributed by atoms with Gasteiger partial charge in [0.15, 0.2) is 0 Å². The number of amides is 1. The molecule has 0 radical (unpaired) electrons. The number of thiophene rings is 1. The van der Waals surface area contributed by atoms with Gasteiger partial charge in [-0.15, -0.1) is 11.3 Å². The zero-order valence-electron chi connectivity index (χ0n) is 11.5. The minimum atomic E-state index is -0.0263. The molecule has 0 spiro atoms. The van der Waals surface area contributed by atoms with E-state index in [1.807, 2.05) is 44.3 Å². The van der Waals surface area contributed by atoms with Crippen LogP contribution in [-0.4, -0.2) is 26.0 Å². The predicted molar refractivity (Wildman–Crippen MR) is 85.8 cm³/mol. The van der Waals surface area contributed by atoms with Crippen molar-refractivity contribution in [2.45, 2.75) is 6.92 Å². The van der Waals surface area contributed by atoms with E-state index in [1.54, 1.807) is 0 Å². The van der Waals surface area contributed by atoms with Crippen molar-refractivity contribution >= 4 is 28.8 Å². The third-order valence-corrected chi connectivity index (χ3v) is 4.41. The molecule has 0 unspecified atom stereocenters. The Morgan fingerprint density at radius 3 is 2.80 bits per heavy atom. The van der Waals surface area contributed by atoms with Crippen LogP contribution in [0.5, 0.6) is 0 Å². The molecule has 20 heavy (non-hydrogen) atoms. The average molecular weight is 309 g/mol. The lowest BCUT2D eigenvalue weighted by molar-refractivity contribution is 0.0958. The maximum absolute atomic E-state index is 12.0. The zero-order chi connectivity index (χ0) is 14.5. The van der Waals surface area contributed by atoms with Gasteiger partial charge in [0, 0.05) is 23.0 Å². The second-order valence-corrected chi connectivity index (χ2v) is 5.98. The minimum Gasteiger partial charge on any atom is -0.350 e. The largest absolute Gasteiger partial charge is 0.350 e. The molecule has 2 rings (SSSR count). The number of rotatable bonds is 5. The standard InChI is InChI=1S/C15H17ClN2OS/c1-10-8-13(15(19)18-7-6-17-2)20-14(10)11-4-3-5-12(16)9-11/h3-5,8-9,17H,6-7H2,1-2H3,(H,18,19). The lowest BCUT2D eigenvalue weighted by atomic mass is 10.1. The van der Waals surface area contributed by atoms with E-state index in [-0.39, 0.29) is 5.91 Å². The second-order valence-electron chi connectivity index (χ2n) is 4.49. The van der Waals surface area contributed by atoms with Crippen molar-refractivity contribution in [3.05, 3.63) is 45.8 Å². The first-order valence-corrected chi connectivity index (χ1v) is 7.60. The highest BCUT2D eigenvalue weighted by atomic mass is 35.5. The molecule has 2 aromatic rings. The van der Waals surface area contributed by atoms with Crippen LogP contribution in [0.4, 0.5) is 0 Å². The zero-order valence-corrected chi connectivity index (χ0v) is 13.1. The molecule has 1 heterocycles. The molecule has 0 aliphatic rings. The van der Waals surface area contributed by atoms with E-state index >= 15 is 0 Å². The van der Waals surface area contributed by atoms with Gasteiger partial charge in [0.25, 0.3) is 5.91 Å². The van der Waals surface area contributed by atoms with Gasteiger partial charge < -0.3 is 10.6 Å². The number of carbonyl (C=O) groups is 1. The van der Waals surface area contributed by atoms with E-state index in [0.29, 0.717) is 11.6 Å². The number of nitrogens with one attached hydrogen (secondary N) is 2. The highest BCUT2D eigenvalue weighted by molar-refractivity contribution is 7.17. The Balaban J connectivity index is 2.19. The summed E-state index contributed by atoms with van der Waals surface area (Å²) >= 11 is 7.52. The number of hydrogen-bond acceptors (Lipinski definition) is 3. The molecule has 1 aromatic heterocycles. The summed E-state index contributed by atoms with van der Waals surface area (Å²) in [6, 6.07) is 9.62. The van der Waals surface area contributed by atoms with Gasteiger partial charge in [-0.05, 0) is 43.3 Å². The summed E-state index contributed by atoms with van der Waals surface area (Å²) in [7, 11) is 1.86. The van der Waals surface area contributed by atoms with Crippen molar-refractivity contribution < 1.29 is 4.79 Å². The van der Waals surface area contributed by atoms with Gasteiger partial charge in [-0.3, -0.25) is 4.79 Å². The van der Waals surface area contributed by atoms with Crippen LogP contribution in [0.3, 0.4) is 0 Å². The quantitative estimate of drug-likeness (QED) is 0.832. The number of carbonyl (C=O) groups excluding carboxylic acids is 1. The van der Waals surface area contributed by atoms with Crippen molar-refractivity contribution in [1.82, 2.24) is 10.6 Å². The molecule has 0 aliphatic carbocycles. The van der Waals surface area contributed by atoms with Crippen LogP contribution in [0.25, 0.3) is 10.4 Å². The first kappa shape index (κ1) is 15.0. The molecule has 0 saturated carbocycles. The first-order valence-electron chi connectivity index (χ1n) is 6.41. The smallest absolute Gasteiger partial charge is 0.261 e. The van der Waals surface area contributed by atoms with Gasteiger partial charge in [-0.2, -0.15) is 0 Å².